The number of nitrogens with two attached hydrogens (primary N) is 2. The molecule has 0 heterocycles. The van der Waals surface area contributed by atoms with E-state index in [4.69, 9.17) is 11.5 Å². The molecule has 0 aliphatic rings. The quantitative estimate of drug-likeness (QED) is 0.846. The molecule has 114 valence electrons. The van der Waals surface area contributed by atoms with Crippen molar-refractivity contribution in [2.45, 2.75) is 31.7 Å². The zero-order valence-electron chi connectivity index (χ0n) is 13.3. The summed E-state index contributed by atoms with van der Waals surface area (Å²) in [4.78, 5) is 0. The zero-order valence-corrected chi connectivity index (χ0v) is 13.3. The largest absolute Gasteiger partial charge is 0.327 e. The van der Waals surface area contributed by atoms with Crippen molar-refractivity contribution in [1.29, 1.82) is 0 Å². The third-order valence-electron chi connectivity index (χ3n) is 3.78. The van der Waals surface area contributed by atoms with Gasteiger partial charge in [0, 0.05) is 6.54 Å². The molecule has 0 saturated heterocycles. The van der Waals surface area contributed by atoms with Crippen LogP contribution in [0.3, 0.4) is 0 Å². The van der Waals surface area contributed by atoms with E-state index in [1.807, 2.05) is 13.0 Å². The monoisotopic (exact) mass is 292 g/mol. The Morgan fingerprint density at radius 2 is 1.91 bits per heavy atom. The summed E-state index contributed by atoms with van der Waals surface area (Å²) in [6, 6.07) is 14.9. The van der Waals surface area contributed by atoms with Crippen molar-refractivity contribution in [1.82, 2.24) is 0 Å². The van der Waals surface area contributed by atoms with E-state index in [0.717, 1.165) is 6.42 Å². The standard InChI is InChI=1S/C20H24N2/c1-16(15-20(2,22)13-6-3-7-14-21)18-12-8-10-17-9-4-5-11-19(17)18/h3-5,7-12,16H,14-15,21-22H2,1-2H3/b7-3+. The van der Waals surface area contributed by atoms with Crippen molar-refractivity contribution in [3.8, 4) is 11.8 Å². The second-order valence-electron chi connectivity index (χ2n) is 6.00. The van der Waals surface area contributed by atoms with E-state index in [1.54, 1.807) is 6.08 Å². The third-order valence-corrected chi connectivity index (χ3v) is 3.78. The Hall–Kier alpha value is -2.08. The second kappa shape index (κ2) is 7.26. The Balaban J connectivity index is 2.21. The summed E-state index contributed by atoms with van der Waals surface area (Å²) in [5.41, 5.74) is 12.6. The van der Waals surface area contributed by atoms with Gasteiger partial charge in [-0.15, -0.1) is 0 Å². The van der Waals surface area contributed by atoms with Gasteiger partial charge < -0.3 is 11.5 Å². The number of rotatable bonds is 4. The predicted octanol–water partition coefficient (Wildman–Crippen LogP) is 3.57. The summed E-state index contributed by atoms with van der Waals surface area (Å²) < 4.78 is 0. The summed E-state index contributed by atoms with van der Waals surface area (Å²) in [7, 11) is 0. The van der Waals surface area contributed by atoms with Gasteiger partial charge in [0.1, 0.15) is 0 Å². The predicted molar refractivity (Wildman–Crippen MR) is 95.5 cm³/mol. The van der Waals surface area contributed by atoms with Gasteiger partial charge in [-0.2, -0.15) is 0 Å². The lowest BCUT2D eigenvalue weighted by Crippen LogP contribution is -2.35. The first-order valence-corrected chi connectivity index (χ1v) is 7.68. The van der Waals surface area contributed by atoms with Gasteiger partial charge in [0.15, 0.2) is 0 Å². The summed E-state index contributed by atoms with van der Waals surface area (Å²) >= 11 is 0. The first kappa shape index (κ1) is 16.3. The van der Waals surface area contributed by atoms with Crippen LogP contribution in [0.2, 0.25) is 0 Å². The van der Waals surface area contributed by atoms with Gasteiger partial charge in [0.05, 0.1) is 5.54 Å². The van der Waals surface area contributed by atoms with Gasteiger partial charge in [-0.25, -0.2) is 0 Å². The molecule has 0 spiro atoms. The zero-order chi connectivity index (χ0) is 16.0. The summed E-state index contributed by atoms with van der Waals surface area (Å²) in [6.07, 6.45) is 4.41. The molecule has 0 aliphatic heterocycles. The van der Waals surface area contributed by atoms with Crippen molar-refractivity contribution in [3.63, 3.8) is 0 Å². The van der Waals surface area contributed by atoms with Gasteiger partial charge in [0.2, 0.25) is 0 Å². The van der Waals surface area contributed by atoms with Gasteiger partial charge in [0.25, 0.3) is 0 Å². The van der Waals surface area contributed by atoms with Gasteiger partial charge in [-0.1, -0.05) is 67.3 Å². The van der Waals surface area contributed by atoms with Crippen molar-refractivity contribution >= 4 is 10.8 Å². The highest BCUT2D eigenvalue weighted by Crippen LogP contribution is 2.30. The normalized spacial score (nSPS) is 15.3. The summed E-state index contributed by atoms with van der Waals surface area (Å²) in [6.45, 7) is 4.70. The van der Waals surface area contributed by atoms with E-state index in [-0.39, 0.29) is 0 Å². The minimum atomic E-state index is -0.519. The van der Waals surface area contributed by atoms with E-state index < -0.39 is 5.54 Å². The fraction of sp³-hybridized carbons (Fsp3) is 0.300. The molecule has 2 heteroatoms. The smallest absolute Gasteiger partial charge is 0.0756 e. The molecule has 2 rings (SSSR count). The molecule has 2 aromatic rings. The number of allylic oxidation sites excluding steroid dienone is 1. The average Bonchev–Trinajstić information content (AvgIpc) is 2.50. The van der Waals surface area contributed by atoms with Crippen LogP contribution >= 0.6 is 0 Å². The molecule has 2 atom stereocenters. The fourth-order valence-electron chi connectivity index (χ4n) is 2.81. The Kier molecular flexibility index (Phi) is 5.38. The molecule has 4 N–H and O–H groups in total. The molecule has 0 saturated carbocycles. The second-order valence-corrected chi connectivity index (χ2v) is 6.00. The highest BCUT2D eigenvalue weighted by Gasteiger charge is 2.21. The number of fused-ring (bicyclic) bond motifs is 1. The summed E-state index contributed by atoms with van der Waals surface area (Å²) in [5, 5.41) is 2.56. The van der Waals surface area contributed by atoms with E-state index in [1.165, 1.54) is 16.3 Å². The lowest BCUT2D eigenvalue weighted by Gasteiger charge is -2.23. The van der Waals surface area contributed by atoms with Crippen molar-refractivity contribution < 1.29 is 0 Å². The average molecular weight is 292 g/mol. The van der Waals surface area contributed by atoms with Crippen LogP contribution in [0.1, 0.15) is 31.7 Å². The molecule has 0 radical (unpaired) electrons. The molecular formula is C20H24N2. The van der Waals surface area contributed by atoms with Crippen LogP contribution in [0.5, 0.6) is 0 Å². The van der Waals surface area contributed by atoms with E-state index in [2.05, 4.69) is 61.2 Å². The van der Waals surface area contributed by atoms with Crippen LogP contribution in [0.4, 0.5) is 0 Å². The number of hydrogen-bond acceptors (Lipinski definition) is 2. The highest BCUT2D eigenvalue weighted by molar-refractivity contribution is 5.86. The van der Waals surface area contributed by atoms with Gasteiger partial charge >= 0.3 is 0 Å². The lowest BCUT2D eigenvalue weighted by atomic mass is 9.85. The van der Waals surface area contributed by atoms with Crippen molar-refractivity contribution in [2.75, 3.05) is 6.54 Å². The van der Waals surface area contributed by atoms with Crippen LogP contribution in [0, 0.1) is 11.8 Å². The maximum Gasteiger partial charge on any atom is 0.0756 e. The van der Waals surface area contributed by atoms with Gasteiger partial charge in [-0.05, 0) is 41.7 Å². The van der Waals surface area contributed by atoms with E-state index in [0.29, 0.717) is 12.5 Å². The minimum Gasteiger partial charge on any atom is -0.327 e. The number of hydrogen-bond donors (Lipinski definition) is 2. The molecule has 0 aromatic heterocycles. The molecular weight excluding hydrogens is 268 g/mol. The van der Waals surface area contributed by atoms with Crippen LogP contribution in [-0.2, 0) is 0 Å². The van der Waals surface area contributed by atoms with E-state index in [9.17, 15) is 0 Å². The molecule has 0 fully saturated rings. The first-order valence-electron chi connectivity index (χ1n) is 7.68. The molecule has 0 bridgehead atoms. The van der Waals surface area contributed by atoms with Crippen LogP contribution < -0.4 is 11.5 Å². The first-order chi connectivity index (χ1) is 10.5. The maximum atomic E-state index is 6.34. The molecule has 22 heavy (non-hydrogen) atoms. The SMILES string of the molecule is CC(CC(C)(N)C#C/C=C/CN)c1cccc2ccccc12. The Bertz CT molecular complexity index is 712. The Morgan fingerprint density at radius 3 is 2.68 bits per heavy atom. The highest BCUT2D eigenvalue weighted by atomic mass is 14.7. The van der Waals surface area contributed by atoms with E-state index >= 15 is 0 Å². The molecule has 0 aliphatic carbocycles. The molecule has 2 aromatic carbocycles. The number of benzene rings is 2. The van der Waals surface area contributed by atoms with Crippen molar-refractivity contribution in [2.24, 2.45) is 11.5 Å². The Labute approximate surface area is 133 Å². The third kappa shape index (κ3) is 4.21. The maximum absolute atomic E-state index is 6.34. The van der Waals surface area contributed by atoms with Crippen LogP contribution in [0.25, 0.3) is 10.8 Å². The van der Waals surface area contributed by atoms with Crippen LogP contribution in [0.15, 0.2) is 54.6 Å². The van der Waals surface area contributed by atoms with Gasteiger partial charge in [-0.3, -0.25) is 0 Å². The molecule has 2 unspecified atom stereocenters. The summed E-state index contributed by atoms with van der Waals surface area (Å²) in [5.74, 6) is 6.45. The van der Waals surface area contributed by atoms with Crippen molar-refractivity contribution in [3.05, 3.63) is 60.2 Å². The molecule has 2 nitrogen and oxygen atoms in total. The lowest BCUT2D eigenvalue weighted by molar-refractivity contribution is 0.501. The Morgan fingerprint density at radius 1 is 1.18 bits per heavy atom. The van der Waals surface area contributed by atoms with Crippen LogP contribution in [-0.4, -0.2) is 12.1 Å². The molecule has 0 amide bonds. The topological polar surface area (TPSA) is 52.0 Å². The fourth-order valence-corrected chi connectivity index (χ4v) is 2.81. The minimum absolute atomic E-state index is 0.342.